The number of aromatic nitrogens is 4. The standard InChI is InChI=1S/C26H20F4N4O2/c1-14-8-19-10-18(13-35)33-34(19)25(15-3-5-20(21(27)9-15)26(28,29)30)24(14)23(36)11-17-4-2-16-12-31-7-6-22(16)32-17/h2-7,9-10,12,25,35H,8,11,13H2,1H3. The van der Waals surface area contributed by atoms with Gasteiger partial charge in [0, 0.05) is 41.2 Å². The zero-order chi connectivity index (χ0) is 25.6. The van der Waals surface area contributed by atoms with Crippen molar-refractivity contribution in [2.24, 2.45) is 0 Å². The molecule has 36 heavy (non-hydrogen) atoms. The molecule has 1 unspecified atom stereocenters. The maximum atomic E-state index is 14.6. The van der Waals surface area contributed by atoms with Crippen LogP contribution in [0.3, 0.4) is 0 Å². The van der Waals surface area contributed by atoms with E-state index in [0.29, 0.717) is 46.2 Å². The summed E-state index contributed by atoms with van der Waals surface area (Å²) in [6.07, 6.45) is -1.30. The molecule has 3 aromatic heterocycles. The summed E-state index contributed by atoms with van der Waals surface area (Å²) >= 11 is 0. The Labute approximate surface area is 202 Å². The Morgan fingerprint density at radius 2 is 1.94 bits per heavy atom. The van der Waals surface area contributed by atoms with Crippen molar-refractivity contribution in [2.75, 3.05) is 0 Å². The fourth-order valence-electron chi connectivity index (χ4n) is 4.64. The van der Waals surface area contributed by atoms with E-state index in [1.807, 2.05) is 6.07 Å². The van der Waals surface area contributed by atoms with Crippen LogP contribution in [0.15, 0.2) is 66.0 Å². The van der Waals surface area contributed by atoms with Crippen molar-refractivity contribution in [1.82, 2.24) is 19.7 Å². The Kier molecular flexibility index (Phi) is 5.91. The summed E-state index contributed by atoms with van der Waals surface area (Å²) < 4.78 is 55.6. The molecule has 1 N–H and O–H groups in total. The molecule has 0 radical (unpaired) electrons. The van der Waals surface area contributed by atoms with Crippen molar-refractivity contribution in [3.05, 3.63) is 100 Å². The number of aliphatic hydroxyl groups is 1. The van der Waals surface area contributed by atoms with Crippen LogP contribution >= 0.6 is 0 Å². The van der Waals surface area contributed by atoms with Crippen LogP contribution in [0.5, 0.6) is 0 Å². The number of alkyl halides is 3. The van der Waals surface area contributed by atoms with Gasteiger partial charge in [-0.15, -0.1) is 0 Å². The Morgan fingerprint density at radius 3 is 2.67 bits per heavy atom. The molecule has 1 aliphatic heterocycles. The van der Waals surface area contributed by atoms with Gasteiger partial charge >= 0.3 is 6.18 Å². The fourth-order valence-corrected chi connectivity index (χ4v) is 4.64. The molecule has 0 saturated heterocycles. The maximum absolute atomic E-state index is 14.6. The third kappa shape index (κ3) is 4.28. The average molecular weight is 496 g/mol. The van der Waals surface area contributed by atoms with Gasteiger partial charge in [-0.25, -0.2) is 4.39 Å². The van der Waals surface area contributed by atoms with Gasteiger partial charge in [-0.2, -0.15) is 18.3 Å². The number of aliphatic hydroxyl groups excluding tert-OH is 1. The monoisotopic (exact) mass is 496 g/mol. The molecule has 0 aliphatic carbocycles. The van der Waals surface area contributed by atoms with E-state index in [9.17, 15) is 27.5 Å². The van der Waals surface area contributed by atoms with E-state index in [0.717, 1.165) is 17.5 Å². The molecule has 0 bridgehead atoms. The highest BCUT2D eigenvalue weighted by molar-refractivity contribution is 5.99. The van der Waals surface area contributed by atoms with Crippen molar-refractivity contribution >= 4 is 16.7 Å². The highest BCUT2D eigenvalue weighted by Gasteiger charge is 2.37. The fraction of sp³-hybridized carbons (Fsp3) is 0.231. The summed E-state index contributed by atoms with van der Waals surface area (Å²) in [5.74, 6) is -1.73. The quantitative estimate of drug-likeness (QED) is 0.404. The van der Waals surface area contributed by atoms with Gasteiger partial charge < -0.3 is 5.11 Å². The number of rotatable bonds is 5. The summed E-state index contributed by atoms with van der Waals surface area (Å²) in [6.45, 7) is 1.40. The summed E-state index contributed by atoms with van der Waals surface area (Å²) in [5.41, 5.74) is 1.95. The molecule has 10 heteroatoms. The predicted molar refractivity (Wildman–Crippen MR) is 122 cm³/mol. The molecular weight excluding hydrogens is 476 g/mol. The normalized spacial score (nSPS) is 15.9. The number of carbonyl (C=O) groups excluding carboxylic acids is 1. The van der Waals surface area contributed by atoms with Crippen molar-refractivity contribution in [3.8, 4) is 0 Å². The Balaban J connectivity index is 1.58. The first-order valence-corrected chi connectivity index (χ1v) is 11.1. The first-order chi connectivity index (χ1) is 17.2. The van der Waals surface area contributed by atoms with E-state index in [1.165, 1.54) is 4.68 Å². The van der Waals surface area contributed by atoms with Crippen molar-refractivity contribution in [2.45, 2.75) is 38.6 Å². The number of halogens is 4. The summed E-state index contributed by atoms with van der Waals surface area (Å²) in [6, 6.07) is 8.59. The lowest BCUT2D eigenvalue weighted by Gasteiger charge is -2.29. The number of benzene rings is 1. The zero-order valence-corrected chi connectivity index (χ0v) is 19.1. The van der Waals surface area contributed by atoms with Gasteiger partial charge in [0.2, 0.25) is 0 Å². The van der Waals surface area contributed by atoms with Crippen LogP contribution in [0.25, 0.3) is 10.9 Å². The van der Waals surface area contributed by atoms with E-state index in [-0.39, 0.29) is 24.4 Å². The highest BCUT2D eigenvalue weighted by atomic mass is 19.4. The molecule has 1 atom stereocenters. The van der Waals surface area contributed by atoms with Gasteiger partial charge in [0.25, 0.3) is 0 Å². The van der Waals surface area contributed by atoms with Gasteiger partial charge in [-0.05, 0) is 48.9 Å². The predicted octanol–water partition coefficient (Wildman–Crippen LogP) is 4.75. The molecule has 4 heterocycles. The molecule has 4 aromatic rings. The molecular formula is C26H20F4N4O2. The van der Waals surface area contributed by atoms with Crippen molar-refractivity contribution in [3.63, 3.8) is 0 Å². The second-order valence-corrected chi connectivity index (χ2v) is 8.71. The van der Waals surface area contributed by atoms with Crippen LogP contribution in [-0.4, -0.2) is 30.6 Å². The number of ketones is 1. The smallest absolute Gasteiger partial charge is 0.390 e. The van der Waals surface area contributed by atoms with Gasteiger partial charge in [0.15, 0.2) is 5.78 Å². The number of Topliss-reactive ketones (excluding diaryl/α,β-unsaturated/α-hetero) is 1. The lowest BCUT2D eigenvalue weighted by Crippen LogP contribution is -2.28. The molecule has 1 aromatic carbocycles. The number of allylic oxidation sites excluding steroid dienone is 2. The molecule has 0 fully saturated rings. The lowest BCUT2D eigenvalue weighted by atomic mass is 9.85. The van der Waals surface area contributed by atoms with Gasteiger partial charge in [0.1, 0.15) is 11.9 Å². The number of carbonyl (C=O) groups is 1. The van der Waals surface area contributed by atoms with Crippen LogP contribution in [0.2, 0.25) is 0 Å². The maximum Gasteiger partial charge on any atom is 0.419 e. The van der Waals surface area contributed by atoms with E-state index in [4.69, 9.17) is 0 Å². The average Bonchev–Trinajstić information content (AvgIpc) is 3.24. The number of fused-ring (bicyclic) bond motifs is 2. The second-order valence-electron chi connectivity index (χ2n) is 8.71. The first kappa shape index (κ1) is 23.8. The molecule has 0 spiro atoms. The molecule has 5 rings (SSSR count). The van der Waals surface area contributed by atoms with Crippen LogP contribution in [0.1, 0.15) is 41.2 Å². The minimum atomic E-state index is -4.85. The summed E-state index contributed by atoms with van der Waals surface area (Å²) in [5, 5.41) is 14.8. The number of hydrogen-bond donors (Lipinski definition) is 1. The third-order valence-corrected chi connectivity index (χ3v) is 6.25. The lowest BCUT2D eigenvalue weighted by molar-refractivity contribution is -0.140. The van der Waals surface area contributed by atoms with E-state index < -0.39 is 23.6 Å². The number of nitrogens with zero attached hydrogens (tertiary/aromatic N) is 4. The van der Waals surface area contributed by atoms with Crippen LogP contribution in [-0.2, 0) is 30.4 Å². The van der Waals surface area contributed by atoms with Crippen LogP contribution < -0.4 is 0 Å². The molecule has 184 valence electrons. The summed E-state index contributed by atoms with van der Waals surface area (Å²) in [7, 11) is 0. The Morgan fingerprint density at radius 1 is 1.14 bits per heavy atom. The second kappa shape index (κ2) is 8.94. The number of pyridine rings is 2. The minimum Gasteiger partial charge on any atom is -0.390 e. The first-order valence-electron chi connectivity index (χ1n) is 11.1. The van der Waals surface area contributed by atoms with Gasteiger partial charge in [-0.1, -0.05) is 11.6 Å². The van der Waals surface area contributed by atoms with Crippen molar-refractivity contribution in [1.29, 1.82) is 0 Å². The van der Waals surface area contributed by atoms with E-state index >= 15 is 0 Å². The molecule has 0 saturated carbocycles. The molecule has 0 amide bonds. The topological polar surface area (TPSA) is 80.9 Å². The summed E-state index contributed by atoms with van der Waals surface area (Å²) in [4.78, 5) is 22.2. The van der Waals surface area contributed by atoms with E-state index in [2.05, 4.69) is 15.1 Å². The van der Waals surface area contributed by atoms with Gasteiger partial charge in [0.05, 0.1) is 29.8 Å². The Hall–Kier alpha value is -3.92. The molecule has 6 nitrogen and oxygen atoms in total. The number of hydrogen-bond acceptors (Lipinski definition) is 5. The van der Waals surface area contributed by atoms with Gasteiger partial charge in [-0.3, -0.25) is 19.4 Å². The largest absolute Gasteiger partial charge is 0.419 e. The Bertz CT molecular complexity index is 1520. The van der Waals surface area contributed by atoms with Crippen LogP contribution in [0.4, 0.5) is 17.6 Å². The third-order valence-electron chi connectivity index (χ3n) is 6.25. The highest BCUT2D eigenvalue weighted by Crippen LogP contribution is 2.39. The zero-order valence-electron chi connectivity index (χ0n) is 19.1. The van der Waals surface area contributed by atoms with Crippen LogP contribution in [0, 0.1) is 5.82 Å². The molecule has 1 aliphatic rings. The minimum absolute atomic E-state index is 0.0615. The van der Waals surface area contributed by atoms with Crippen molar-refractivity contribution < 1.29 is 27.5 Å². The van der Waals surface area contributed by atoms with E-state index in [1.54, 1.807) is 37.5 Å². The SMILES string of the molecule is CC1=C(C(=O)Cc2ccc3cnccc3n2)C(c2ccc(C(F)(F)F)c(F)c2)n2nc(CO)cc2C1.